The number of hydrogen-bond acceptors (Lipinski definition) is 6. The van der Waals surface area contributed by atoms with Crippen LogP contribution in [0, 0.1) is 0 Å². The van der Waals surface area contributed by atoms with Crippen molar-refractivity contribution in [3.63, 3.8) is 0 Å². The minimum Gasteiger partial charge on any atom is -0.435 e. The summed E-state index contributed by atoms with van der Waals surface area (Å²) in [7, 11) is 0. The van der Waals surface area contributed by atoms with E-state index < -0.39 is 17.9 Å². The molecule has 0 N–H and O–H groups in total. The highest BCUT2D eigenvalue weighted by atomic mass is 16.7. The van der Waals surface area contributed by atoms with Crippen LogP contribution in [-0.4, -0.2) is 37.7 Å². The van der Waals surface area contributed by atoms with Gasteiger partial charge in [-0.2, -0.15) is 0 Å². The Balaban J connectivity index is 0. The summed E-state index contributed by atoms with van der Waals surface area (Å²) in [6, 6.07) is 0. The minimum atomic E-state index is -0.655. The van der Waals surface area contributed by atoms with Gasteiger partial charge >= 0.3 is 12.3 Å². The standard InChI is InChI=1S/2C8H14O3/c1-5-8(3,4)11-7(9)10-6-2;1-4-10-8(9)11-6-5-7(2)3/h5H,1,6H2,2-4H3;5H,4,6H2,1-3H3. The lowest BCUT2D eigenvalue weighted by Crippen LogP contribution is -2.25. The molecule has 0 aliphatic carbocycles. The van der Waals surface area contributed by atoms with Crippen molar-refractivity contribution >= 4 is 12.3 Å². The summed E-state index contributed by atoms with van der Waals surface area (Å²) in [5.41, 5.74) is 0.473. The third kappa shape index (κ3) is 16.1. The van der Waals surface area contributed by atoms with Gasteiger partial charge in [0.25, 0.3) is 0 Å². The highest BCUT2D eigenvalue weighted by molar-refractivity contribution is 5.60. The van der Waals surface area contributed by atoms with Gasteiger partial charge < -0.3 is 18.9 Å². The van der Waals surface area contributed by atoms with Crippen molar-refractivity contribution in [2.45, 2.75) is 47.1 Å². The number of carbonyl (C=O) groups excluding carboxylic acids is 2. The lowest BCUT2D eigenvalue weighted by Gasteiger charge is -2.19. The van der Waals surface area contributed by atoms with Crippen molar-refractivity contribution in [3.05, 3.63) is 24.3 Å². The highest BCUT2D eigenvalue weighted by Crippen LogP contribution is 2.10. The Morgan fingerprint density at radius 3 is 1.91 bits per heavy atom. The van der Waals surface area contributed by atoms with E-state index in [-0.39, 0.29) is 0 Å². The molecule has 0 amide bonds. The van der Waals surface area contributed by atoms with Crippen LogP contribution in [0.3, 0.4) is 0 Å². The molecule has 0 aromatic rings. The van der Waals surface area contributed by atoms with Gasteiger partial charge in [0, 0.05) is 0 Å². The molecule has 6 nitrogen and oxygen atoms in total. The number of allylic oxidation sites excluding steroid dienone is 1. The van der Waals surface area contributed by atoms with Crippen molar-refractivity contribution in [2.75, 3.05) is 19.8 Å². The maximum atomic E-state index is 10.7. The summed E-state index contributed by atoms with van der Waals surface area (Å²) in [5, 5.41) is 0. The Morgan fingerprint density at radius 2 is 1.50 bits per heavy atom. The molecule has 0 spiro atoms. The normalized spacial score (nSPS) is 9.55. The molecule has 22 heavy (non-hydrogen) atoms. The van der Waals surface area contributed by atoms with Crippen LogP contribution in [-0.2, 0) is 18.9 Å². The molecule has 0 saturated carbocycles. The third-order valence-electron chi connectivity index (χ3n) is 2.06. The molecule has 0 aliphatic heterocycles. The fourth-order valence-corrected chi connectivity index (χ4v) is 0.840. The zero-order chi connectivity index (χ0) is 17.6. The summed E-state index contributed by atoms with van der Waals surface area (Å²) in [6.07, 6.45) is 2.10. The maximum Gasteiger partial charge on any atom is 0.509 e. The molecule has 0 aromatic heterocycles. The largest absolute Gasteiger partial charge is 0.509 e. The summed E-state index contributed by atoms with van der Waals surface area (Å²) >= 11 is 0. The maximum absolute atomic E-state index is 10.7. The summed E-state index contributed by atoms with van der Waals surface area (Å²) in [6.45, 7) is 15.3. The van der Waals surface area contributed by atoms with Gasteiger partial charge in [-0.25, -0.2) is 9.59 Å². The second kappa shape index (κ2) is 12.7. The molecule has 0 aliphatic rings. The zero-order valence-corrected chi connectivity index (χ0v) is 14.4. The van der Waals surface area contributed by atoms with Gasteiger partial charge in [-0.15, -0.1) is 0 Å². The van der Waals surface area contributed by atoms with Gasteiger partial charge in [0.2, 0.25) is 0 Å². The molecule has 0 saturated heterocycles. The molecule has 0 fully saturated rings. The lowest BCUT2D eigenvalue weighted by molar-refractivity contribution is 0.00849. The Morgan fingerprint density at radius 1 is 1.00 bits per heavy atom. The first-order valence-electron chi connectivity index (χ1n) is 7.10. The Labute approximate surface area is 133 Å². The fourth-order valence-electron chi connectivity index (χ4n) is 0.840. The number of rotatable bonds is 6. The number of ether oxygens (including phenoxy) is 4. The minimum absolute atomic E-state index is 0.293. The van der Waals surface area contributed by atoms with Crippen molar-refractivity contribution in [2.24, 2.45) is 0 Å². The first kappa shape index (κ1) is 22.3. The van der Waals surface area contributed by atoms with Crippen LogP contribution >= 0.6 is 0 Å². The molecule has 0 heterocycles. The van der Waals surface area contributed by atoms with Crippen molar-refractivity contribution in [3.8, 4) is 0 Å². The summed E-state index contributed by atoms with van der Waals surface area (Å²) < 4.78 is 18.6. The molecule has 128 valence electrons. The fraction of sp³-hybridized carbons (Fsp3) is 0.625. The molecular formula is C16H28O6. The van der Waals surface area contributed by atoms with Gasteiger partial charge in [-0.05, 0) is 53.7 Å². The third-order valence-corrected chi connectivity index (χ3v) is 2.06. The average molecular weight is 316 g/mol. The van der Waals surface area contributed by atoms with E-state index in [0.717, 1.165) is 5.57 Å². The van der Waals surface area contributed by atoms with Crippen LogP contribution in [0.1, 0.15) is 41.5 Å². The summed E-state index contributed by atoms with van der Waals surface area (Å²) in [4.78, 5) is 21.3. The van der Waals surface area contributed by atoms with Gasteiger partial charge in [0.1, 0.15) is 12.2 Å². The zero-order valence-electron chi connectivity index (χ0n) is 14.4. The average Bonchev–Trinajstić information content (AvgIpc) is 2.39. The van der Waals surface area contributed by atoms with Gasteiger partial charge in [0.15, 0.2) is 0 Å². The number of carbonyl (C=O) groups is 2. The predicted molar refractivity (Wildman–Crippen MR) is 84.8 cm³/mol. The van der Waals surface area contributed by atoms with Crippen molar-refractivity contribution in [1.29, 1.82) is 0 Å². The quantitative estimate of drug-likeness (QED) is 0.539. The van der Waals surface area contributed by atoms with E-state index in [0.29, 0.717) is 19.8 Å². The SMILES string of the molecule is C=CC(C)(C)OC(=O)OCC.CCOC(=O)OCC=C(C)C. The molecule has 0 radical (unpaired) electrons. The van der Waals surface area contributed by atoms with E-state index >= 15 is 0 Å². The van der Waals surface area contributed by atoms with Crippen molar-refractivity contribution < 1.29 is 28.5 Å². The molecule has 6 heteroatoms. The van der Waals surface area contributed by atoms with Crippen LogP contribution in [0.15, 0.2) is 24.3 Å². The lowest BCUT2D eigenvalue weighted by atomic mass is 10.1. The molecule has 0 bridgehead atoms. The van der Waals surface area contributed by atoms with Crippen LogP contribution in [0.5, 0.6) is 0 Å². The molecular weight excluding hydrogens is 288 g/mol. The Kier molecular flexibility index (Phi) is 12.9. The van der Waals surface area contributed by atoms with E-state index in [1.54, 1.807) is 33.8 Å². The topological polar surface area (TPSA) is 71.1 Å². The predicted octanol–water partition coefficient (Wildman–Crippen LogP) is 4.25. The molecule has 0 aromatic carbocycles. The van der Waals surface area contributed by atoms with Gasteiger partial charge in [-0.3, -0.25) is 0 Å². The smallest absolute Gasteiger partial charge is 0.435 e. The van der Waals surface area contributed by atoms with Crippen molar-refractivity contribution in [1.82, 2.24) is 0 Å². The first-order valence-corrected chi connectivity index (χ1v) is 7.10. The second-order valence-corrected chi connectivity index (χ2v) is 4.87. The monoisotopic (exact) mass is 316 g/mol. The molecule has 0 unspecified atom stereocenters. The van der Waals surface area contributed by atoms with Crippen LogP contribution in [0.4, 0.5) is 9.59 Å². The Hall–Kier alpha value is -1.98. The first-order chi connectivity index (χ1) is 10.2. The van der Waals surface area contributed by atoms with Gasteiger partial charge in [-0.1, -0.05) is 12.2 Å². The van der Waals surface area contributed by atoms with Gasteiger partial charge in [0.05, 0.1) is 13.2 Å². The Bertz CT molecular complexity index is 367. The van der Waals surface area contributed by atoms with E-state index in [1.807, 2.05) is 19.9 Å². The van der Waals surface area contributed by atoms with Crippen LogP contribution in [0.2, 0.25) is 0 Å². The van der Waals surface area contributed by atoms with E-state index in [4.69, 9.17) is 4.74 Å². The second-order valence-electron chi connectivity index (χ2n) is 4.87. The molecule has 0 atom stereocenters. The highest BCUT2D eigenvalue weighted by Gasteiger charge is 2.18. The van der Waals surface area contributed by atoms with Crippen LogP contribution < -0.4 is 0 Å². The van der Waals surface area contributed by atoms with E-state index in [9.17, 15) is 9.59 Å². The van der Waals surface area contributed by atoms with Crippen LogP contribution in [0.25, 0.3) is 0 Å². The summed E-state index contributed by atoms with van der Waals surface area (Å²) in [5.74, 6) is 0. The van der Waals surface area contributed by atoms with E-state index in [2.05, 4.69) is 20.8 Å². The number of hydrogen-bond donors (Lipinski definition) is 0. The molecule has 0 rings (SSSR count). The van der Waals surface area contributed by atoms with E-state index in [1.165, 1.54) is 0 Å².